The molecule has 3 heteroatoms. The maximum absolute atomic E-state index is 5.87. The maximum atomic E-state index is 5.87. The summed E-state index contributed by atoms with van der Waals surface area (Å²) in [6, 6.07) is 0. The highest BCUT2D eigenvalue weighted by Crippen LogP contribution is 2.26. The van der Waals surface area contributed by atoms with Gasteiger partial charge in [0.1, 0.15) is 0 Å². The Bertz CT molecular complexity index is 212. The van der Waals surface area contributed by atoms with E-state index in [9.17, 15) is 0 Å². The summed E-state index contributed by atoms with van der Waals surface area (Å²) in [6.07, 6.45) is 8.87. The van der Waals surface area contributed by atoms with Gasteiger partial charge in [0.25, 0.3) is 5.95 Å². The Morgan fingerprint density at radius 2 is 1.73 bits per heavy atom. The van der Waals surface area contributed by atoms with Gasteiger partial charge >= 0.3 is 0 Å². The second-order valence-corrected chi connectivity index (χ2v) is 9.73. The maximum Gasteiger partial charge on any atom is 0.261 e. The molecule has 1 aliphatic rings. The summed E-state index contributed by atoms with van der Waals surface area (Å²) in [5.74, 6) is 1.42. The molecule has 0 spiro atoms. The molecule has 1 fully saturated rings. The van der Waals surface area contributed by atoms with Gasteiger partial charge in [-0.2, -0.15) is 0 Å². The van der Waals surface area contributed by atoms with E-state index >= 15 is 0 Å². The van der Waals surface area contributed by atoms with E-state index in [1.165, 1.54) is 32.1 Å². The van der Waals surface area contributed by atoms with E-state index in [0.29, 0.717) is 5.92 Å². The van der Waals surface area contributed by atoms with Crippen molar-refractivity contribution in [3.63, 3.8) is 0 Å². The number of rotatable bonds is 4. The van der Waals surface area contributed by atoms with E-state index in [4.69, 9.17) is 9.16 Å². The molecular weight excluding hydrogens is 204 g/mol. The van der Waals surface area contributed by atoms with Gasteiger partial charge in [-0.25, -0.2) is 0 Å². The molecule has 15 heavy (non-hydrogen) atoms. The molecule has 88 valence electrons. The van der Waals surface area contributed by atoms with Gasteiger partial charge in [0.05, 0.1) is 7.11 Å². The van der Waals surface area contributed by atoms with Gasteiger partial charge in [-0.1, -0.05) is 19.3 Å². The molecule has 1 saturated carbocycles. The summed E-state index contributed by atoms with van der Waals surface area (Å²) in [5, 5.41) is 0. The third kappa shape index (κ3) is 5.26. The third-order valence-corrected chi connectivity index (χ3v) is 3.44. The number of hydrogen-bond donors (Lipinski definition) is 0. The third-order valence-electron chi connectivity index (χ3n) is 2.63. The predicted molar refractivity (Wildman–Crippen MR) is 66.1 cm³/mol. The van der Waals surface area contributed by atoms with Crippen LogP contribution in [0.4, 0.5) is 0 Å². The molecule has 0 amide bonds. The van der Waals surface area contributed by atoms with Gasteiger partial charge in [0.2, 0.25) is 8.32 Å². The average Bonchev–Trinajstić information content (AvgIpc) is 2.16. The van der Waals surface area contributed by atoms with Crippen molar-refractivity contribution >= 4 is 8.32 Å². The zero-order chi connectivity index (χ0) is 11.3. The van der Waals surface area contributed by atoms with Gasteiger partial charge < -0.3 is 9.16 Å². The van der Waals surface area contributed by atoms with Crippen LogP contribution in [0, 0.1) is 5.92 Å². The molecule has 0 heterocycles. The van der Waals surface area contributed by atoms with Crippen LogP contribution in [-0.2, 0) is 9.16 Å². The van der Waals surface area contributed by atoms with Crippen LogP contribution in [0.5, 0.6) is 0 Å². The first-order valence-corrected chi connectivity index (χ1v) is 9.37. The van der Waals surface area contributed by atoms with Crippen LogP contribution in [-0.4, -0.2) is 15.4 Å². The van der Waals surface area contributed by atoms with Crippen LogP contribution in [0.3, 0.4) is 0 Å². The van der Waals surface area contributed by atoms with Crippen molar-refractivity contribution in [3.8, 4) is 0 Å². The first-order valence-electron chi connectivity index (χ1n) is 5.96. The molecule has 1 aliphatic carbocycles. The molecule has 0 bridgehead atoms. The monoisotopic (exact) mass is 228 g/mol. The molecule has 0 N–H and O–H groups in total. The smallest absolute Gasteiger partial charge is 0.261 e. The number of methoxy groups -OCH3 is 1. The minimum atomic E-state index is -1.52. The van der Waals surface area contributed by atoms with Crippen LogP contribution in [0.25, 0.3) is 0 Å². The Balaban J connectivity index is 2.51. The molecule has 0 aromatic carbocycles. The Morgan fingerprint density at radius 3 is 2.20 bits per heavy atom. The van der Waals surface area contributed by atoms with Crippen LogP contribution in [0.2, 0.25) is 19.6 Å². The molecule has 1 rings (SSSR count). The van der Waals surface area contributed by atoms with Crippen molar-refractivity contribution in [3.05, 3.63) is 12.0 Å². The lowest BCUT2D eigenvalue weighted by atomic mass is 9.89. The Morgan fingerprint density at radius 1 is 1.13 bits per heavy atom. The summed E-state index contributed by atoms with van der Waals surface area (Å²) < 4.78 is 11.2. The zero-order valence-electron chi connectivity index (χ0n) is 10.5. The fourth-order valence-corrected chi connectivity index (χ4v) is 2.69. The summed E-state index contributed by atoms with van der Waals surface area (Å²) in [7, 11) is 0.184. The standard InChI is InChI=1S/C12H24O2Si/c1-13-12(14-15(2,3)4)10-11-8-6-5-7-9-11/h10-11H,5-9H2,1-4H3/b12-10-. The second-order valence-electron chi connectivity index (χ2n) is 5.30. The lowest BCUT2D eigenvalue weighted by Gasteiger charge is -2.23. The largest absolute Gasteiger partial charge is 0.520 e. The van der Waals surface area contributed by atoms with Crippen LogP contribution >= 0.6 is 0 Å². The Hall–Kier alpha value is -0.443. The zero-order valence-corrected chi connectivity index (χ0v) is 11.5. The lowest BCUT2D eigenvalue weighted by Crippen LogP contribution is -2.25. The van der Waals surface area contributed by atoms with Gasteiger partial charge in [0, 0.05) is 0 Å². The molecule has 0 atom stereocenters. The summed E-state index contributed by atoms with van der Waals surface area (Å²) in [6.45, 7) is 6.54. The Kier molecular flexibility index (Phi) is 4.70. The van der Waals surface area contributed by atoms with E-state index in [2.05, 4.69) is 25.7 Å². The van der Waals surface area contributed by atoms with Gasteiger partial charge in [-0.15, -0.1) is 0 Å². The molecule has 2 nitrogen and oxygen atoms in total. The number of allylic oxidation sites excluding steroid dienone is 1. The van der Waals surface area contributed by atoms with Crippen molar-refractivity contribution in [2.45, 2.75) is 51.7 Å². The first-order chi connectivity index (χ1) is 7.01. The SMILES string of the molecule is CO/C(=C/C1CCCCC1)O[Si](C)(C)C. The molecule has 0 saturated heterocycles. The van der Waals surface area contributed by atoms with Crippen LogP contribution in [0.1, 0.15) is 32.1 Å². The van der Waals surface area contributed by atoms with Gasteiger partial charge in [-0.3, -0.25) is 0 Å². The van der Waals surface area contributed by atoms with E-state index in [0.717, 1.165) is 5.95 Å². The van der Waals surface area contributed by atoms with Crippen molar-refractivity contribution in [2.24, 2.45) is 5.92 Å². The van der Waals surface area contributed by atoms with Crippen LogP contribution < -0.4 is 0 Å². The highest BCUT2D eigenvalue weighted by Gasteiger charge is 2.20. The highest BCUT2D eigenvalue weighted by atomic mass is 28.4. The molecular formula is C12H24O2Si. The Labute approximate surface area is 94.8 Å². The quantitative estimate of drug-likeness (QED) is 0.536. The second kappa shape index (κ2) is 5.59. The van der Waals surface area contributed by atoms with Crippen molar-refractivity contribution < 1.29 is 9.16 Å². The van der Waals surface area contributed by atoms with E-state index in [-0.39, 0.29) is 0 Å². The number of hydrogen-bond acceptors (Lipinski definition) is 2. The normalized spacial score (nSPS) is 20.1. The van der Waals surface area contributed by atoms with Crippen molar-refractivity contribution in [2.75, 3.05) is 7.11 Å². The van der Waals surface area contributed by atoms with E-state index in [1.807, 2.05) is 0 Å². The van der Waals surface area contributed by atoms with Gasteiger partial charge in [0.15, 0.2) is 0 Å². The molecule has 0 unspecified atom stereocenters. The molecule has 0 radical (unpaired) electrons. The van der Waals surface area contributed by atoms with Gasteiger partial charge in [-0.05, 0) is 44.5 Å². The molecule has 0 aromatic heterocycles. The number of ether oxygens (including phenoxy) is 1. The topological polar surface area (TPSA) is 18.5 Å². The summed E-state index contributed by atoms with van der Waals surface area (Å²) in [5.41, 5.74) is 0. The average molecular weight is 228 g/mol. The van der Waals surface area contributed by atoms with E-state index < -0.39 is 8.32 Å². The lowest BCUT2D eigenvalue weighted by molar-refractivity contribution is 0.142. The van der Waals surface area contributed by atoms with Crippen molar-refractivity contribution in [1.29, 1.82) is 0 Å². The van der Waals surface area contributed by atoms with Crippen molar-refractivity contribution in [1.82, 2.24) is 0 Å². The molecule has 0 aliphatic heterocycles. The fourth-order valence-electron chi connectivity index (χ4n) is 1.94. The molecule has 0 aromatic rings. The van der Waals surface area contributed by atoms with Crippen LogP contribution in [0.15, 0.2) is 12.0 Å². The minimum Gasteiger partial charge on any atom is -0.520 e. The first kappa shape index (κ1) is 12.6. The predicted octanol–water partition coefficient (Wildman–Crippen LogP) is 3.91. The minimum absolute atomic E-state index is 0.671. The van der Waals surface area contributed by atoms with E-state index in [1.54, 1.807) is 7.11 Å². The summed E-state index contributed by atoms with van der Waals surface area (Å²) >= 11 is 0. The highest BCUT2D eigenvalue weighted by molar-refractivity contribution is 6.69. The fraction of sp³-hybridized carbons (Fsp3) is 0.833. The summed E-state index contributed by atoms with van der Waals surface area (Å²) in [4.78, 5) is 0.